The maximum absolute atomic E-state index is 14.1. The summed E-state index contributed by atoms with van der Waals surface area (Å²) in [4.78, 5) is 34.6. The van der Waals surface area contributed by atoms with Gasteiger partial charge in [0.05, 0.1) is 29.8 Å². The number of alkyl halides is 3. The summed E-state index contributed by atoms with van der Waals surface area (Å²) in [6.07, 6.45) is -2.69. The fraction of sp³-hybridized carbons (Fsp3) is 0.345. The van der Waals surface area contributed by atoms with Crippen LogP contribution in [0.2, 0.25) is 0 Å². The lowest BCUT2D eigenvalue weighted by atomic mass is 9.73. The van der Waals surface area contributed by atoms with E-state index in [0.29, 0.717) is 22.9 Å². The van der Waals surface area contributed by atoms with E-state index in [4.69, 9.17) is 0 Å². The van der Waals surface area contributed by atoms with E-state index < -0.39 is 29.7 Å². The minimum Gasteiger partial charge on any atom is -0.404 e. The molecule has 3 atom stereocenters. The molecule has 1 aromatic heterocycles. The number of piperidine rings is 1. The Balaban J connectivity index is 1.16. The number of hydrogen-bond acceptors (Lipinski definition) is 6. The lowest BCUT2D eigenvalue weighted by Gasteiger charge is -2.55. The van der Waals surface area contributed by atoms with Gasteiger partial charge in [-0.25, -0.2) is 4.39 Å². The first-order chi connectivity index (χ1) is 19.5. The maximum atomic E-state index is 14.1. The normalized spacial score (nSPS) is 23.5. The number of nitrogens with zero attached hydrogens (tertiary/aromatic N) is 3. The first-order valence-electron chi connectivity index (χ1n) is 13.2. The number of rotatable bonds is 7. The number of pyridine rings is 1. The van der Waals surface area contributed by atoms with Gasteiger partial charge in [-0.2, -0.15) is 0 Å². The number of benzene rings is 2. The first kappa shape index (κ1) is 27.2. The largest absolute Gasteiger partial charge is 0.573 e. The molecule has 12 heteroatoms. The Hall–Kier alpha value is -4.03. The van der Waals surface area contributed by atoms with Crippen molar-refractivity contribution in [3.05, 3.63) is 72.2 Å². The van der Waals surface area contributed by atoms with Crippen molar-refractivity contribution >= 4 is 23.2 Å². The second-order valence-corrected chi connectivity index (χ2v) is 10.9. The molecule has 3 aromatic rings. The fourth-order valence-electron chi connectivity index (χ4n) is 6.17. The third-order valence-corrected chi connectivity index (χ3v) is 8.35. The predicted molar refractivity (Wildman–Crippen MR) is 143 cm³/mol. The van der Waals surface area contributed by atoms with Gasteiger partial charge in [0, 0.05) is 48.3 Å². The van der Waals surface area contributed by atoms with Crippen molar-refractivity contribution in [2.24, 2.45) is 5.92 Å². The fourth-order valence-corrected chi connectivity index (χ4v) is 6.17. The quantitative estimate of drug-likeness (QED) is 0.400. The molecule has 3 aliphatic heterocycles. The molecule has 2 amide bonds. The second-order valence-electron chi connectivity index (χ2n) is 10.9. The highest BCUT2D eigenvalue weighted by molar-refractivity contribution is 6.06. The molecule has 3 saturated heterocycles. The maximum Gasteiger partial charge on any atom is 0.573 e. The summed E-state index contributed by atoms with van der Waals surface area (Å²) in [7, 11) is 0. The van der Waals surface area contributed by atoms with Crippen LogP contribution in [0, 0.1) is 11.7 Å². The van der Waals surface area contributed by atoms with Crippen LogP contribution in [-0.4, -0.2) is 70.7 Å². The van der Waals surface area contributed by atoms with Gasteiger partial charge in [0.25, 0.3) is 5.91 Å². The van der Waals surface area contributed by atoms with Gasteiger partial charge >= 0.3 is 6.36 Å². The van der Waals surface area contributed by atoms with Gasteiger partial charge in [0.15, 0.2) is 5.75 Å². The molecule has 6 rings (SSSR count). The second kappa shape index (κ2) is 10.1. The number of carbonyl (C=O) groups is 2. The third kappa shape index (κ3) is 5.36. The molecule has 0 spiro atoms. The summed E-state index contributed by atoms with van der Waals surface area (Å²) >= 11 is 0. The number of nitrogens with one attached hydrogen (secondary N) is 2. The molecular formula is C29H27F4N5O3. The molecule has 0 aliphatic carbocycles. The van der Waals surface area contributed by atoms with Crippen LogP contribution < -0.4 is 15.4 Å². The molecule has 41 heavy (non-hydrogen) atoms. The van der Waals surface area contributed by atoms with Crippen LogP contribution >= 0.6 is 0 Å². The van der Waals surface area contributed by atoms with E-state index in [9.17, 15) is 27.2 Å². The van der Waals surface area contributed by atoms with Crippen molar-refractivity contribution in [3.63, 3.8) is 0 Å². The average molecular weight is 570 g/mol. The van der Waals surface area contributed by atoms with Crippen molar-refractivity contribution in [1.29, 1.82) is 0 Å². The Morgan fingerprint density at radius 1 is 1.07 bits per heavy atom. The van der Waals surface area contributed by atoms with E-state index in [1.807, 2.05) is 0 Å². The van der Waals surface area contributed by atoms with Crippen LogP contribution in [-0.2, 0) is 4.79 Å². The number of hydrogen-bond donors (Lipinski definition) is 2. The Labute approximate surface area is 233 Å². The molecule has 3 unspecified atom stereocenters. The van der Waals surface area contributed by atoms with Crippen LogP contribution in [0.5, 0.6) is 5.75 Å². The Morgan fingerprint density at radius 2 is 1.88 bits per heavy atom. The molecule has 214 valence electrons. The predicted octanol–water partition coefficient (Wildman–Crippen LogP) is 4.76. The monoisotopic (exact) mass is 569 g/mol. The summed E-state index contributed by atoms with van der Waals surface area (Å²) in [5.41, 5.74) is 0.859. The topological polar surface area (TPSA) is 86.8 Å². The highest BCUT2D eigenvalue weighted by Crippen LogP contribution is 2.50. The number of fused-ring (bicyclic) bond motifs is 1. The molecule has 2 aromatic carbocycles. The Kier molecular flexibility index (Phi) is 6.69. The zero-order chi connectivity index (χ0) is 28.9. The van der Waals surface area contributed by atoms with E-state index in [1.54, 1.807) is 18.2 Å². The molecule has 3 fully saturated rings. The van der Waals surface area contributed by atoms with Crippen LogP contribution in [0.1, 0.15) is 23.7 Å². The summed E-state index contributed by atoms with van der Waals surface area (Å²) < 4.78 is 57.4. The minimum absolute atomic E-state index is 0.00819. The summed E-state index contributed by atoms with van der Waals surface area (Å²) in [5, 5.41) is 5.13. The van der Waals surface area contributed by atoms with Crippen molar-refractivity contribution < 1.29 is 31.9 Å². The molecule has 2 bridgehead atoms. The lowest BCUT2D eigenvalue weighted by molar-refractivity contribution is -0.274. The number of carbonyl (C=O) groups excluding carboxylic acids is 2. The van der Waals surface area contributed by atoms with Gasteiger partial charge in [-0.3, -0.25) is 24.4 Å². The number of anilines is 2. The number of ether oxygens (including phenoxy) is 1. The van der Waals surface area contributed by atoms with Crippen LogP contribution in [0.25, 0.3) is 11.3 Å². The van der Waals surface area contributed by atoms with Crippen LogP contribution in [0.15, 0.2) is 60.8 Å². The average Bonchev–Trinajstić information content (AvgIpc) is 3.01. The van der Waals surface area contributed by atoms with Gasteiger partial charge in [0.2, 0.25) is 5.91 Å². The molecule has 0 saturated carbocycles. The van der Waals surface area contributed by atoms with E-state index in [2.05, 4.69) is 37.1 Å². The van der Waals surface area contributed by atoms with Gasteiger partial charge < -0.3 is 15.4 Å². The summed E-state index contributed by atoms with van der Waals surface area (Å²) in [6, 6.07) is 12.7. The van der Waals surface area contributed by atoms with Gasteiger partial charge in [-0.05, 0) is 55.8 Å². The molecule has 8 nitrogen and oxygen atoms in total. The Bertz CT molecular complexity index is 1500. The van der Waals surface area contributed by atoms with Gasteiger partial charge in [-0.1, -0.05) is 12.1 Å². The summed E-state index contributed by atoms with van der Waals surface area (Å²) in [6.45, 7) is 4.88. The minimum atomic E-state index is -4.99. The van der Waals surface area contributed by atoms with Crippen molar-refractivity contribution in [1.82, 2.24) is 14.8 Å². The van der Waals surface area contributed by atoms with Gasteiger partial charge in [0.1, 0.15) is 5.82 Å². The van der Waals surface area contributed by atoms with E-state index in [0.717, 1.165) is 38.2 Å². The summed E-state index contributed by atoms with van der Waals surface area (Å²) in [5.74, 6) is -1.75. The van der Waals surface area contributed by atoms with Crippen molar-refractivity contribution in [2.45, 2.75) is 31.3 Å². The van der Waals surface area contributed by atoms with Crippen molar-refractivity contribution in [2.75, 3.05) is 36.8 Å². The molecule has 3 aliphatic rings. The first-order valence-corrected chi connectivity index (χ1v) is 13.2. The standard InChI is InChI=1S/C29H27F4N5O3/c1-28-11-20-15-38(28)14-18(28)13-37(20)16-26(39)36-24-10-17(6-9-25(24)41-29(31,32)33)27(40)35-19-7-8-23(34-12-19)21-4-2-3-5-22(21)30/h2-10,12,18,20H,11,13-16H2,1H3,(H,35,40)(H,36,39). The van der Waals surface area contributed by atoms with E-state index >= 15 is 0 Å². The zero-order valence-electron chi connectivity index (χ0n) is 22.0. The number of likely N-dealkylation sites (tertiary alicyclic amines) is 1. The highest BCUT2D eigenvalue weighted by Gasteiger charge is 2.60. The molecular weight excluding hydrogens is 542 g/mol. The van der Waals surface area contributed by atoms with E-state index in [-0.39, 0.29) is 29.4 Å². The lowest BCUT2D eigenvalue weighted by Crippen LogP contribution is -2.65. The van der Waals surface area contributed by atoms with Crippen molar-refractivity contribution in [3.8, 4) is 17.0 Å². The van der Waals surface area contributed by atoms with E-state index in [1.165, 1.54) is 30.5 Å². The van der Waals surface area contributed by atoms with Gasteiger partial charge in [-0.15, -0.1) is 13.2 Å². The third-order valence-electron chi connectivity index (χ3n) is 8.35. The molecule has 4 heterocycles. The number of halogens is 4. The van der Waals surface area contributed by atoms with Crippen LogP contribution in [0.4, 0.5) is 28.9 Å². The highest BCUT2D eigenvalue weighted by atomic mass is 19.4. The van der Waals surface area contributed by atoms with Crippen LogP contribution in [0.3, 0.4) is 0 Å². The SMILES string of the molecule is CC12CC3CN1CC2CN3CC(=O)Nc1cc(C(=O)Nc2ccc(-c3ccccc3F)nc2)ccc1OC(F)(F)F. The Morgan fingerprint density at radius 3 is 2.61 bits per heavy atom. The zero-order valence-corrected chi connectivity index (χ0v) is 22.0. The smallest absolute Gasteiger partial charge is 0.404 e. The molecule has 2 N–H and O–H groups in total. The molecule has 0 radical (unpaired) electrons. The number of aromatic nitrogens is 1. The number of amides is 2.